The maximum absolute atomic E-state index is 10.7. The van der Waals surface area contributed by atoms with Crippen LogP contribution in [0.5, 0.6) is 5.75 Å². The number of carboxylic acid groups (broad SMARTS) is 1. The second kappa shape index (κ2) is 4.31. The van der Waals surface area contributed by atoms with E-state index in [1.54, 1.807) is 13.0 Å². The van der Waals surface area contributed by atoms with Crippen molar-refractivity contribution in [1.29, 1.82) is 0 Å². The summed E-state index contributed by atoms with van der Waals surface area (Å²) in [7, 11) is 1.45. The molecule has 15 heavy (non-hydrogen) atoms. The number of aryl methyl sites for hydroxylation is 2. The number of aliphatic hydroxyl groups excluding tert-OH is 1. The van der Waals surface area contributed by atoms with Crippen molar-refractivity contribution in [2.45, 2.75) is 20.0 Å². The van der Waals surface area contributed by atoms with E-state index in [0.717, 1.165) is 5.56 Å². The lowest BCUT2D eigenvalue weighted by Crippen LogP contribution is -2.13. The van der Waals surface area contributed by atoms with E-state index in [-0.39, 0.29) is 0 Å². The van der Waals surface area contributed by atoms with Gasteiger partial charge in [-0.05, 0) is 31.0 Å². The third kappa shape index (κ3) is 2.27. The molecule has 0 spiro atoms. The summed E-state index contributed by atoms with van der Waals surface area (Å²) in [6.45, 7) is 3.63. The van der Waals surface area contributed by atoms with E-state index >= 15 is 0 Å². The van der Waals surface area contributed by atoms with Gasteiger partial charge in [0.15, 0.2) is 6.10 Å². The molecule has 1 atom stereocenters. The molecule has 0 heterocycles. The van der Waals surface area contributed by atoms with Crippen molar-refractivity contribution in [2.75, 3.05) is 7.11 Å². The van der Waals surface area contributed by atoms with E-state index in [4.69, 9.17) is 9.84 Å². The molecule has 0 aromatic heterocycles. The zero-order valence-corrected chi connectivity index (χ0v) is 8.94. The van der Waals surface area contributed by atoms with Crippen LogP contribution in [0.2, 0.25) is 0 Å². The molecule has 0 bridgehead atoms. The number of carboxylic acids is 1. The van der Waals surface area contributed by atoms with Gasteiger partial charge < -0.3 is 14.9 Å². The molecule has 0 aliphatic rings. The molecule has 1 aromatic carbocycles. The monoisotopic (exact) mass is 210 g/mol. The van der Waals surface area contributed by atoms with Crippen LogP contribution in [0.1, 0.15) is 22.8 Å². The second-order valence-corrected chi connectivity index (χ2v) is 3.44. The first kappa shape index (κ1) is 11.5. The smallest absolute Gasteiger partial charge is 0.337 e. The zero-order valence-electron chi connectivity index (χ0n) is 8.94. The maximum atomic E-state index is 10.7. The van der Waals surface area contributed by atoms with Gasteiger partial charge in [-0.1, -0.05) is 6.07 Å². The Morgan fingerprint density at radius 1 is 1.40 bits per heavy atom. The Balaban J connectivity index is 3.32. The predicted octanol–water partition coefficient (Wildman–Crippen LogP) is 1.43. The highest BCUT2D eigenvalue weighted by atomic mass is 16.5. The van der Waals surface area contributed by atoms with Crippen molar-refractivity contribution < 1.29 is 19.7 Å². The van der Waals surface area contributed by atoms with Crippen LogP contribution in [-0.2, 0) is 4.79 Å². The molecule has 82 valence electrons. The molecule has 4 heteroatoms. The summed E-state index contributed by atoms with van der Waals surface area (Å²) in [5.74, 6) is -0.873. The van der Waals surface area contributed by atoms with Crippen LogP contribution < -0.4 is 4.74 Å². The summed E-state index contributed by atoms with van der Waals surface area (Å²) in [5, 5.41) is 18.2. The number of rotatable bonds is 3. The average Bonchev–Trinajstić information content (AvgIpc) is 2.15. The van der Waals surface area contributed by atoms with E-state index in [9.17, 15) is 9.90 Å². The largest absolute Gasteiger partial charge is 0.496 e. The minimum atomic E-state index is -1.54. The Bertz CT molecular complexity index is 384. The molecule has 1 aromatic rings. The van der Waals surface area contributed by atoms with Crippen LogP contribution in [0.3, 0.4) is 0 Å². The van der Waals surface area contributed by atoms with E-state index in [1.165, 1.54) is 7.11 Å². The summed E-state index contributed by atoms with van der Waals surface area (Å²) < 4.78 is 5.05. The number of aliphatic carboxylic acids is 1. The normalized spacial score (nSPS) is 12.3. The van der Waals surface area contributed by atoms with Gasteiger partial charge in [-0.2, -0.15) is 0 Å². The molecule has 1 unspecified atom stereocenters. The molecule has 2 N–H and O–H groups in total. The van der Waals surface area contributed by atoms with Gasteiger partial charge in [0.2, 0.25) is 0 Å². The van der Waals surface area contributed by atoms with Crippen LogP contribution in [0, 0.1) is 13.8 Å². The Morgan fingerprint density at radius 2 is 2.00 bits per heavy atom. The summed E-state index contributed by atoms with van der Waals surface area (Å²) >= 11 is 0. The number of benzene rings is 1. The fourth-order valence-electron chi connectivity index (χ4n) is 1.58. The highest BCUT2D eigenvalue weighted by molar-refractivity contribution is 5.76. The number of carbonyl (C=O) groups is 1. The first-order chi connectivity index (χ1) is 6.97. The molecular weight excluding hydrogens is 196 g/mol. The Hall–Kier alpha value is -1.55. The maximum Gasteiger partial charge on any atom is 0.337 e. The van der Waals surface area contributed by atoms with E-state index in [1.807, 2.05) is 13.0 Å². The van der Waals surface area contributed by atoms with Crippen LogP contribution in [0.4, 0.5) is 0 Å². The quantitative estimate of drug-likeness (QED) is 0.792. The summed E-state index contributed by atoms with van der Waals surface area (Å²) in [4.78, 5) is 10.7. The molecule has 4 nitrogen and oxygen atoms in total. The van der Waals surface area contributed by atoms with Gasteiger partial charge in [0, 0.05) is 5.56 Å². The van der Waals surface area contributed by atoms with E-state index in [0.29, 0.717) is 16.9 Å². The molecule has 0 aliphatic heterocycles. The number of aliphatic hydroxyl groups is 1. The molecule has 0 fully saturated rings. The fourth-order valence-corrected chi connectivity index (χ4v) is 1.58. The lowest BCUT2D eigenvalue weighted by molar-refractivity contribution is -0.147. The average molecular weight is 210 g/mol. The number of methoxy groups -OCH3 is 1. The van der Waals surface area contributed by atoms with Crippen molar-refractivity contribution in [3.63, 3.8) is 0 Å². The van der Waals surface area contributed by atoms with Crippen molar-refractivity contribution in [2.24, 2.45) is 0 Å². The lowest BCUT2D eigenvalue weighted by atomic mass is 10.00. The Kier molecular flexibility index (Phi) is 3.31. The van der Waals surface area contributed by atoms with Crippen molar-refractivity contribution in [1.82, 2.24) is 0 Å². The van der Waals surface area contributed by atoms with Crippen molar-refractivity contribution >= 4 is 5.97 Å². The van der Waals surface area contributed by atoms with Crippen LogP contribution >= 0.6 is 0 Å². The number of hydrogen-bond acceptors (Lipinski definition) is 3. The lowest BCUT2D eigenvalue weighted by Gasteiger charge is -2.15. The molecule has 1 rings (SSSR count). The topological polar surface area (TPSA) is 66.8 Å². The molecule has 0 aliphatic carbocycles. The van der Waals surface area contributed by atoms with Crippen molar-refractivity contribution in [3.8, 4) is 5.75 Å². The van der Waals surface area contributed by atoms with Gasteiger partial charge in [0.25, 0.3) is 0 Å². The Labute approximate surface area is 88.1 Å². The highest BCUT2D eigenvalue weighted by Crippen LogP contribution is 2.30. The summed E-state index contributed by atoms with van der Waals surface area (Å²) in [6, 6.07) is 3.51. The van der Waals surface area contributed by atoms with Crippen LogP contribution in [0.25, 0.3) is 0 Å². The van der Waals surface area contributed by atoms with Crippen LogP contribution in [0.15, 0.2) is 12.1 Å². The predicted molar refractivity (Wildman–Crippen MR) is 55.1 cm³/mol. The van der Waals surface area contributed by atoms with Gasteiger partial charge in [-0.25, -0.2) is 4.79 Å². The number of ether oxygens (including phenoxy) is 1. The first-order valence-corrected chi connectivity index (χ1v) is 4.53. The minimum absolute atomic E-state index is 0.315. The van der Waals surface area contributed by atoms with E-state index < -0.39 is 12.1 Å². The molecule has 0 saturated carbocycles. The SMILES string of the molecule is COc1cc(C)cc(C)c1C(O)C(=O)O. The zero-order chi connectivity index (χ0) is 11.6. The molecule has 0 radical (unpaired) electrons. The summed E-state index contributed by atoms with van der Waals surface area (Å²) in [5.41, 5.74) is 1.99. The standard InChI is InChI=1S/C11H14O4/c1-6-4-7(2)9(8(5-6)15-3)10(12)11(13)14/h4-5,10,12H,1-3H3,(H,13,14). The molecule has 0 saturated heterocycles. The molecular formula is C11H14O4. The highest BCUT2D eigenvalue weighted by Gasteiger charge is 2.22. The van der Waals surface area contributed by atoms with Gasteiger partial charge in [-0.15, -0.1) is 0 Å². The van der Waals surface area contributed by atoms with Gasteiger partial charge in [0.05, 0.1) is 7.11 Å². The molecule has 0 amide bonds. The van der Waals surface area contributed by atoms with Crippen molar-refractivity contribution in [3.05, 3.63) is 28.8 Å². The fraction of sp³-hybridized carbons (Fsp3) is 0.364. The first-order valence-electron chi connectivity index (χ1n) is 4.53. The third-order valence-corrected chi connectivity index (χ3v) is 2.22. The third-order valence-electron chi connectivity index (χ3n) is 2.22. The second-order valence-electron chi connectivity index (χ2n) is 3.44. The van der Waals surface area contributed by atoms with Gasteiger partial charge in [0.1, 0.15) is 5.75 Å². The van der Waals surface area contributed by atoms with E-state index in [2.05, 4.69) is 0 Å². The number of hydrogen-bond donors (Lipinski definition) is 2. The minimum Gasteiger partial charge on any atom is -0.496 e. The summed E-state index contributed by atoms with van der Waals surface area (Å²) in [6.07, 6.45) is -1.54. The Morgan fingerprint density at radius 3 is 2.47 bits per heavy atom. The van der Waals surface area contributed by atoms with Crippen LogP contribution in [-0.4, -0.2) is 23.3 Å². The van der Waals surface area contributed by atoms with Gasteiger partial charge >= 0.3 is 5.97 Å². The van der Waals surface area contributed by atoms with Gasteiger partial charge in [-0.3, -0.25) is 0 Å².